The van der Waals surface area contributed by atoms with Crippen LogP contribution in [0.5, 0.6) is 17.2 Å². The number of ether oxygens (including phenoxy) is 2. The highest BCUT2D eigenvalue weighted by molar-refractivity contribution is 5.69. The van der Waals surface area contributed by atoms with E-state index in [9.17, 15) is 4.79 Å². The van der Waals surface area contributed by atoms with Crippen LogP contribution < -0.4 is 9.47 Å². The number of benzene rings is 3. The van der Waals surface area contributed by atoms with Crippen LogP contribution in [-0.2, 0) is 4.79 Å². The Kier molecular flexibility index (Phi) is 7.68. The quantitative estimate of drug-likeness (QED) is 0.462. The van der Waals surface area contributed by atoms with Crippen LogP contribution in [0.25, 0.3) is 0 Å². The molecule has 5 nitrogen and oxygen atoms in total. The Hall–Kier alpha value is -3.31. The fourth-order valence-electron chi connectivity index (χ4n) is 3.40. The third-order valence-electron chi connectivity index (χ3n) is 5.01. The summed E-state index contributed by atoms with van der Waals surface area (Å²) in [7, 11) is 1.80. The van der Waals surface area contributed by atoms with Gasteiger partial charge >= 0.3 is 5.97 Å². The number of nitrogens with zero attached hydrogens (tertiary/aromatic N) is 1. The maximum Gasteiger partial charge on any atom is 0.317 e. The van der Waals surface area contributed by atoms with Crippen molar-refractivity contribution in [2.24, 2.45) is 0 Å². The molecular weight excluding hydrogens is 390 g/mol. The molecule has 1 N–H and O–H groups in total. The van der Waals surface area contributed by atoms with Crippen molar-refractivity contribution < 1.29 is 19.4 Å². The average molecular weight is 420 g/mol. The predicted octanol–water partition coefficient (Wildman–Crippen LogP) is 5.62. The number of hydrogen-bond acceptors (Lipinski definition) is 4. The zero-order valence-electron chi connectivity index (χ0n) is 18.2. The van der Waals surface area contributed by atoms with Gasteiger partial charge in [-0.15, -0.1) is 0 Å². The van der Waals surface area contributed by atoms with Crippen LogP contribution in [0.3, 0.4) is 0 Å². The Morgan fingerprint density at radius 2 is 1.65 bits per heavy atom. The molecule has 0 heterocycles. The molecule has 162 valence electrons. The largest absolute Gasteiger partial charge is 0.486 e. The zero-order chi connectivity index (χ0) is 22.2. The zero-order valence-corrected chi connectivity index (χ0v) is 18.2. The number of aliphatic carboxylic acids is 1. The van der Waals surface area contributed by atoms with Crippen molar-refractivity contribution in [3.63, 3.8) is 0 Å². The number of aryl methyl sites for hydroxylation is 2. The smallest absolute Gasteiger partial charge is 0.317 e. The van der Waals surface area contributed by atoms with Gasteiger partial charge in [0.1, 0.15) is 23.4 Å². The minimum atomic E-state index is -0.834. The van der Waals surface area contributed by atoms with Gasteiger partial charge in [-0.2, -0.15) is 0 Å². The summed E-state index contributed by atoms with van der Waals surface area (Å²) in [4.78, 5) is 12.7. The number of hydrogen-bond donors (Lipinski definition) is 1. The summed E-state index contributed by atoms with van der Waals surface area (Å²) in [6, 6.07) is 23.7. The van der Waals surface area contributed by atoms with E-state index in [1.165, 1.54) is 5.56 Å². The SMILES string of the molecule is Cc1ccc(Oc2ccc(OC(CCN(C)CC(=O)O)c3ccccc3)cc2)c(C)c1. The molecule has 0 aliphatic carbocycles. The summed E-state index contributed by atoms with van der Waals surface area (Å²) in [6.45, 7) is 4.71. The molecule has 0 saturated carbocycles. The standard InChI is InChI=1S/C26H29NO4/c1-19-9-14-24(20(2)17-19)30-22-10-12-23(13-11-22)31-25(21-7-5-4-6-8-21)15-16-27(3)18-26(28)29/h4-14,17,25H,15-16,18H2,1-3H3,(H,28,29). The first kappa shape index (κ1) is 22.4. The monoisotopic (exact) mass is 419 g/mol. The third kappa shape index (κ3) is 6.86. The summed E-state index contributed by atoms with van der Waals surface area (Å²) < 4.78 is 12.3. The molecule has 3 aromatic rings. The fourth-order valence-corrected chi connectivity index (χ4v) is 3.40. The van der Waals surface area contributed by atoms with Crippen molar-refractivity contribution in [1.82, 2.24) is 4.90 Å². The highest BCUT2D eigenvalue weighted by atomic mass is 16.5. The van der Waals surface area contributed by atoms with E-state index < -0.39 is 5.97 Å². The van der Waals surface area contributed by atoms with Gasteiger partial charge in [0.2, 0.25) is 0 Å². The van der Waals surface area contributed by atoms with Gasteiger partial charge in [-0.25, -0.2) is 0 Å². The lowest BCUT2D eigenvalue weighted by Gasteiger charge is -2.22. The summed E-state index contributed by atoms with van der Waals surface area (Å²) >= 11 is 0. The summed E-state index contributed by atoms with van der Waals surface area (Å²) in [6.07, 6.45) is 0.498. The first-order valence-electron chi connectivity index (χ1n) is 10.4. The highest BCUT2D eigenvalue weighted by Crippen LogP contribution is 2.30. The second kappa shape index (κ2) is 10.6. The topological polar surface area (TPSA) is 59.0 Å². The molecule has 0 spiro atoms. The molecule has 0 bridgehead atoms. The lowest BCUT2D eigenvalue weighted by atomic mass is 10.1. The number of carbonyl (C=O) groups is 1. The second-order valence-corrected chi connectivity index (χ2v) is 7.78. The Bertz CT molecular complexity index is 986. The van der Waals surface area contributed by atoms with Crippen molar-refractivity contribution >= 4 is 5.97 Å². The van der Waals surface area contributed by atoms with E-state index in [0.717, 1.165) is 28.4 Å². The van der Waals surface area contributed by atoms with Crippen LogP contribution in [0.15, 0.2) is 72.8 Å². The van der Waals surface area contributed by atoms with Gasteiger partial charge in [0.15, 0.2) is 0 Å². The molecule has 0 saturated heterocycles. The molecule has 5 heteroatoms. The van der Waals surface area contributed by atoms with E-state index in [-0.39, 0.29) is 12.6 Å². The first-order valence-corrected chi connectivity index (χ1v) is 10.4. The normalized spacial score (nSPS) is 11.9. The van der Waals surface area contributed by atoms with Crippen LogP contribution in [0.1, 0.15) is 29.2 Å². The molecule has 0 amide bonds. The Labute approximate surface area is 183 Å². The Morgan fingerprint density at radius 1 is 0.968 bits per heavy atom. The van der Waals surface area contributed by atoms with E-state index in [2.05, 4.69) is 13.0 Å². The second-order valence-electron chi connectivity index (χ2n) is 7.78. The minimum absolute atomic E-state index is 0.00593. The van der Waals surface area contributed by atoms with E-state index in [4.69, 9.17) is 14.6 Å². The van der Waals surface area contributed by atoms with Crippen LogP contribution >= 0.6 is 0 Å². The van der Waals surface area contributed by atoms with Crippen molar-refractivity contribution in [3.05, 3.63) is 89.5 Å². The van der Waals surface area contributed by atoms with Crippen LogP contribution in [-0.4, -0.2) is 36.1 Å². The van der Waals surface area contributed by atoms with E-state index in [0.29, 0.717) is 13.0 Å². The number of likely N-dealkylation sites (N-methyl/N-ethyl adjacent to an activating group) is 1. The predicted molar refractivity (Wildman–Crippen MR) is 122 cm³/mol. The van der Waals surface area contributed by atoms with Crippen molar-refractivity contribution in [1.29, 1.82) is 0 Å². The number of rotatable bonds is 10. The number of carboxylic acids is 1. The van der Waals surface area contributed by atoms with Crippen LogP contribution in [0, 0.1) is 13.8 Å². The molecule has 0 radical (unpaired) electrons. The summed E-state index contributed by atoms with van der Waals surface area (Å²) in [5, 5.41) is 8.98. The number of carboxylic acid groups (broad SMARTS) is 1. The van der Waals surface area contributed by atoms with Crippen molar-refractivity contribution in [2.45, 2.75) is 26.4 Å². The molecule has 3 aromatic carbocycles. The van der Waals surface area contributed by atoms with Gasteiger partial charge in [0.05, 0.1) is 6.54 Å². The molecule has 1 atom stereocenters. The van der Waals surface area contributed by atoms with Crippen molar-refractivity contribution in [2.75, 3.05) is 20.1 Å². The van der Waals surface area contributed by atoms with Gasteiger partial charge in [0, 0.05) is 13.0 Å². The van der Waals surface area contributed by atoms with Gasteiger partial charge in [-0.3, -0.25) is 9.69 Å². The summed E-state index contributed by atoms with van der Waals surface area (Å²) in [5.74, 6) is 1.49. The molecule has 31 heavy (non-hydrogen) atoms. The lowest BCUT2D eigenvalue weighted by molar-refractivity contribution is -0.138. The maximum atomic E-state index is 10.9. The van der Waals surface area contributed by atoms with Gasteiger partial charge in [-0.05, 0) is 62.4 Å². The Morgan fingerprint density at radius 3 is 2.29 bits per heavy atom. The van der Waals surface area contributed by atoms with Crippen molar-refractivity contribution in [3.8, 4) is 17.2 Å². The van der Waals surface area contributed by atoms with E-state index in [1.807, 2.05) is 73.7 Å². The Balaban J connectivity index is 1.68. The van der Waals surface area contributed by atoms with Crippen LogP contribution in [0.4, 0.5) is 0 Å². The third-order valence-corrected chi connectivity index (χ3v) is 5.01. The summed E-state index contributed by atoms with van der Waals surface area (Å²) in [5.41, 5.74) is 3.35. The molecule has 0 aliphatic heterocycles. The molecule has 0 aliphatic rings. The van der Waals surface area contributed by atoms with Crippen LogP contribution in [0.2, 0.25) is 0 Å². The maximum absolute atomic E-state index is 10.9. The molecule has 3 rings (SSSR count). The highest BCUT2D eigenvalue weighted by Gasteiger charge is 2.15. The fraction of sp³-hybridized carbons (Fsp3) is 0.269. The molecule has 0 fully saturated rings. The van der Waals surface area contributed by atoms with Gasteiger partial charge in [-0.1, -0.05) is 48.0 Å². The molecular formula is C26H29NO4. The minimum Gasteiger partial charge on any atom is -0.486 e. The lowest BCUT2D eigenvalue weighted by Crippen LogP contribution is -2.28. The first-order chi connectivity index (χ1) is 14.9. The van der Waals surface area contributed by atoms with Gasteiger partial charge < -0.3 is 14.6 Å². The molecule has 1 unspecified atom stereocenters. The van der Waals surface area contributed by atoms with E-state index >= 15 is 0 Å². The van der Waals surface area contributed by atoms with E-state index in [1.54, 1.807) is 11.9 Å². The molecule has 0 aromatic heterocycles. The van der Waals surface area contributed by atoms with Gasteiger partial charge in [0.25, 0.3) is 0 Å². The average Bonchev–Trinajstić information content (AvgIpc) is 2.74.